The summed E-state index contributed by atoms with van der Waals surface area (Å²) in [4.78, 5) is 23.0. The van der Waals surface area contributed by atoms with Crippen molar-refractivity contribution in [1.82, 2.24) is 4.90 Å². The maximum absolute atomic E-state index is 11.7. The molecule has 0 fully saturated rings. The fraction of sp³-hybridized carbons (Fsp3) is 0.273. The number of amidine groups is 1. The topological polar surface area (TPSA) is 85.0 Å². The van der Waals surface area contributed by atoms with Crippen LogP contribution >= 0.6 is 11.8 Å². The van der Waals surface area contributed by atoms with Gasteiger partial charge in [-0.1, -0.05) is 42.1 Å². The van der Waals surface area contributed by atoms with Crippen LogP contribution < -0.4 is 0 Å². The van der Waals surface area contributed by atoms with Gasteiger partial charge in [-0.25, -0.2) is 14.9 Å². The van der Waals surface area contributed by atoms with Gasteiger partial charge < -0.3 is 4.74 Å². The molecular formula is C11H13N3O4S. The van der Waals surface area contributed by atoms with Crippen molar-refractivity contribution in [2.45, 2.75) is 6.61 Å². The smallest absolute Gasteiger partial charge is 0.416 e. The Morgan fingerprint density at radius 2 is 2.11 bits per heavy atom. The zero-order valence-electron chi connectivity index (χ0n) is 10.5. The summed E-state index contributed by atoms with van der Waals surface area (Å²) < 4.78 is 5.02. The van der Waals surface area contributed by atoms with Gasteiger partial charge in [-0.05, 0) is 11.8 Å². The monoisotopic (exact) mass is 283 g/mol. The predicted molar refractivity (Wildman–Crippen MR) is 72.3 cm³/mol. The number of nitrogens with zero attached hydrogens (tertiary/aromatic N) is 3. The number of nitro groups is 1. The first-order chi connectivity index (χ1) is 9.04. The van der Waals surface area contributed by atoms with Gasteiger partial charge in [0.25, 0.3) is 0 Å². The first-order valence-corrected chi connectivity index (χ1v) is 6.48. The van der Waals surface area contributed by atoms with E-state index < -0.39 is 11.1 Å². The van der Waals surface area contributed by atoms with Crippen LogP contribution in [-0.4, -0.2) is 34.5 Å². The Morgan fingerprint density at radius 1 is 1.47 bits per heavy atom. The normalized spacial score (nSPS) is 10.9. The number of rotatable bonds is 3. The third-order valence-electron chi connectivity index (χ3n) is 2.12. The molecule has 1 aromatic rings. The molecule has 0 heterocycles. The molecule has 0 aromatic heterocycles. The zero-order chi connectivity index (χ0) is 14.3. The van der Waals surface area contributed by atoms with E-state index in [4.69, 9.17) is 4.74 Å². The highest BCUT2D eigenvalue weighted by atomic mass is 32.2. The van der Waals surface area contributed by atoms with Crippen molar-refractivity contribution in [3.8, 4) is 0 Å². The van der Waals surface area contributed by atoms with Crippen LogP contribution in [0.15, 0.2) is 35.4 Å². The lowest BCUT2D eigenvalue weighted by Gasteiger charge is -2.15. The van der Waals surface area contributed by atoms with Crippen LogP contribution in [0.25, 0.3) is 0 Å². The Labute approximate surface area is 114 Å². The lowest BCUT2D eigenvalue weighted by molar-refractivity contribution is -0.485. The van der Waals surface area contributed by atoms with Crippen molar-refractivity contribution < 1.29 is 14.6 Å². The molecule has 0 saturated heterocycles. The van der Waals surface area contributed by atoms with Gasteiger partial charge >= 0.3 is 6.09 Å². The van der Waals surface area contributed by atoms with Gasteiger partial charge in [0.1, 0.15) is 6.61 Å². The number of carbonyl (C=O) groups excluding carboxylic acids is 1. The van der Waals surface area contributed by atoms with Crippen molar-refractivity contribution in [3.05, 3.63) is 46.0 Å². The second-order valence-corrected chi connectivity index (χ2v) is 4.20. The maximum atomic E-state index is 11.7. The van der Waals surface area contributed by atoms with Crippen LogP contribution in [-0.2, 0) is 11.3 Å². The number of hydrazone groups is 1. The number of carbonyl (C=O) groups is 1. The van der Waals surface area contributed by atoms with Gasteiger partial charge in [0, 0.05) is 7.05 Å². The molecule has 0 bridgehead atoms. The second-order valence-electron chi connectivity index (χ2n) is 3.42. The molecule has 0 aliphatic heterocycles. The van der Waals surface area contributed by atoms with Crippen molar-refractivity contribution in [1.29, 1.82) is 0 Å². The minimum absolute atomic E-state index is 0.0388. The van der Waals surface area contributed by atoms with E-state index >= 15 is 0 Å². The predicted octanol–water partition coefficient (Wildman–Crippen LogP) is 2.17. The van der Waals surface area contributed by atoms with E-state index in [1.165, 1.54) is 7.05 Å². The summed E-state index contributed by atoms with van der Waals surface area (Å²) >= 11 is 0.990. The van der Waals surface area contributed by atoms with Crippen molar-refractivity contribution in [2.75, 3.05) is 13.3 Å². The minimum atomic E-state index is -0.854. The average molecular weight is 283 g/mol. The molecule has 7 nitrogen and oxygen atoms in total. The van der Waals surface area contributed by atoms with Gasteiger partial charge in [-0.15, -0.1) is 0 Å². The van der Waals surface area contributed by atoms with Crippen LogP contribution in [0.2, 0.25) is 0 Å². The summed E-state index contributed by atoms with van der Waals surface area (Å²) in [5.74, 6) is 0. The van der Waals surface area contributed by atoms with Crippen molar-refractivity contribution >= 4 is 23.0 Å². The van der Waals surface area contributed by atoms with Crippen LogP contribution in [0.1, 0.15) is 5.56 Å². The molecule has 19 heavy (non-hydrogen) atoms. The molecule has 0 radical (unpaired) electrons. The fourth-order valence-electron chi connectivity index (χ4n) is 1.21. The molecule has 1 amide bonds. The first kappa shape index (κ1) is 15.0. The molecule has 0 aliphatic carbocycles. The lowest BCUT2D eigenvalue weighted by atomic mass is 10.2. The molecule has 0 saturated carbocycles. The van der Waals surface area contributed by atoms with Gasteiger partial charge in [0.05, 0.1) is 5.10 Å². The molecular weight excluding hydrogens is 270 g/mol. The average Bonchev–Trinajstić information content (AvgIpc) is 2.42. The van der Waals surface area contributed by atoms with E-state index in [0.717, 1.165) is 22.2 Å². The largest absolute Gasteiger partial charge is 0.444 e. The van der Waals surface area contributed by atoms with Crippen LogP contribution in [0.5, 0.6) is 0 Å². The molecule has 0 spiro atoms. The molecule has 0 unspecified atom stereocenters. The fourth-order valence-corrected chi connectivity index (χ4v) is 1.71. The molecule has 102 valence electrons. The highest BCUT2D eigenvalue weighted by Crippen LogP contribution is 2.07. The number of amides is 1. The summed E-state index contributed by atoms with van der Waals surface area (Å²) in [6, 6.07) is 9.14. The lowest BCUT2D eigenvalue weighted by Crippen LogP contribution is -2.32. The van der Waals surface area contributed by atoms with E-state index in [9.17, 15) is 14.9 Å². The quantitative estimate of drug-likeness (QED) is 0.367. The summed E-state index contributed by atoms with van der Waals surface area (Å²) in [6.45, 7) is 0.101. The van der Waals surface area contributed by atoms with E-state index in [-0.39, 0.29) is 11.8 Å². The Kier molecular flexibility index (Phi) is 5.80. The number of ether oxygens (including phenoxy) is 1. The van der Waals surface area contributed by atoms with Gasteiger partial charge in [0.15, 0.2) is 5.03 Å². The maximum Gasteiger partial charge on any atom is 0.416 e. The molecule has 0 N–H and O–H groups in total. The highest BCUT2D eigenvalue weighted by Gasteiger charge is 2.19. The van der Waals surface area contributed by atoms with E-state index in [0.29, 0.717) is 0 Å². The van der Waals surface area contributed by atoms with Gasteiger partial charge in [-0.3, -0.25) is 4.90 Å². The third-order valence-corrected chi connectivity index (χ3v) is 2.84. The van der Waals surface area contributed by atoms with E-state index in [1.807, 2.05) is 30.3 Å². The Morgan fingerprint density at radius 3 is 2.63 bits per heavy atom. The number of hydrogen-bond acceptors (Lipinski definition) is 5. The third kappa shape index (κ3) is 4.96. The molecule has 1 rings (SSSR count). The number of thioether (sulfide) groups is 1. The summed E-state index contributed by atoms with van der Waals surface area (Å²) in [5.41, 5.74) is 0.834. The number of hydrogen-bond donors (Lipinski definition) is 0. The summed E-state index contributed by atoms with van der Waals surface area (Å²) in [6.07, 6.45) is 0.891. The Hall–Kier alpha value is -2.09. The second kappa shape index (κ2) is 7.37. The molecule has 1 aromatic carbocycles. The first-order valence-electron chi connectivity index (χ1n) is 5.26. The molecule has 8 heteroatoms. The Balaban J connectivity index is 2.60. The van der Waals surface area contributed by atoms with Crippen LogP contribution in [0, 0.1) is 10.1 Å². The zero-order valence-corrected chi connectivity index (χ0v) is 11.3. The highest BCUT2D eigenvalue weighted by molar-refractivity contribution is 8.13. The summed E-state index contributed by atoms with van der Waals surface area (Å²) in [5, 5.41) is 12.5. The molecule has 0 atom stereocenters. The van der Waals surface area contributed by atoms with Gasteiger partial charge in [-0.2, -0.15) is 0 Å². The minimum Gasteiger partial charge on any atom is -0.444 e. The van der Waals surface area contributed by atoms with E-state index in [1.54, 1.807) is 6.26 Å². The van der Waals surface area contributed by atoms with Crippen LogP contribution in [0.4, 0.5) is 4.79 Å². The standard InChI is InChI=1S/C11H13N3O4S/c1-13(10(19-2)12-14(16)17)11(15)18-8-9-6-4-3-5-7-9/h3-7H,8H2,1-2H3. The van der Waals surface area contributed by atoms with Gasteiger partial charge in [0.2, 0.25) is 5.17 Å². The Bertz CT molecular complexity index is 478. The number of benzene rings is 1. The molecule has 0 aliphatic rings. The van der Waals surface area contributed by atoms with Crippen molar-refractivity contribution in [3.63, 3.8) is 0 Å². The van der Waals surface area contributed by atoms with E-state index in [2.05, 4.69) is 5.10 Å². The van der Waals surface area contributed by atoms with Crippen LogP contribution in [0.3, 0.4) is 0 Å². The SMILES string of the molecule is CSC(=N[N+](=O)[O-])N(C)C(=O)OCc1ccccc1. The summed E-state index contributed by atoms with van der Waals surface area (Å²) in [7, 11) is 1.37. The van der Waals surface area contributed by atoms with Crippen molar-refractivity contribution in [2.24, 2.45) is 5.10 Å².